The van der Waals surface area contributed by atoms with Crippen LogP contribution in [0.3, 0.4) is 0 Å². The zero-order valence-corrected chi connectivity index (χ0v) is 13.4. The van der Waals surface area contributed by atoms with Gasteiger partial charge in [0.25, 0.3) is 5.69 Å². The lowest BCUT2D eigenvalue weighted by Crippen LogP contribution is -2.52. The number of hydrogen-bond donors (Lipinski definition) is 2. The minimum absolute atomic E-state index is 0.123. The van der Waals surface area contributed by atoms with Gasteiger partial charge in [-0.25, -0.2) is 4.79 Å². The van der Waals surface area contributed by atoms with Gasteiger partial charge in [-0.2, -0.15) is 0 Å². The summed E-state index contributed by atoms with van der Waals surface area (Å²) in [4.78, 5) is 23.3. The molecule has 0 aromatic heterocycles. The van der Waals surface area contributed by atoms with Gasteiger partial charge in [-0.1, -0.05) is 46.9 Å². The molecular weight excluding hydrogens is 343 g/mol. The number of carbonyl (C=O) groups excluding carboxylic acids is 1. The number of nitro benzene ring substituents is 1. The number of hydrogen-bond acceptors (Lipinski definition) is 4. The predicted molar refractivity (Wildman–Crippen MR) is 83.0 cm³/mol. The lowest BCUT2D eigenvalue weighted by atomic mass is 10.2. The van der Waals surface area contributed by atoms with E-state index in [1.807, 2.05) is 0 Å². The normalized spacial score (nSPS) is 12.4. The number of benzene rings is 1. The highest BCUT2D eigenvalue weighted by Gasteiger charge is 2.35. The molecule has 0 fully saturated rings. The predicted octanol–water partition coefficient (Wildman–Crippen LogP) is 2.97. The smallest absolute Gasteiger partial charge is 0.318 e. The van der Waals surface area contributed by atoms with Crippen molar-refractivity contribution in [1.82, 2.24) is 10.2 Å². The fourth-order valence-electron chi connectivity index (χ4n) is 1.36. The van der Waals surface area contributed by atoms with Crippen LogP contribution in [0.15, 0.2) is 24.3 Å². The Balaban J connectivity index is 3.03. The zero-order chi connectivity index (χ0) is 16.2. The van der Waals surface area contributed by atoms with Crippen LogP contribution in [0.2, 0.25) is 0 Å². The number of amides is 2. The Morgan fingerprint density at radius 1 is 1.33 bits per heavy atom. The Bertz CT molecular complexity index is 534. The minimum Gasteiger partial charge on any atom is -0.356 e. The molecule has 0 unspecified atom stereocenters. The van der Waals surface area contributed by atoms with Crippen molar-refractivity contribution in [3.8, 4) is 0 Å². The van der Waals surface area contributed by atoms with E-state index in [2.05, 4.69) is 10.6 Å². The fraction of sp³-hybridized carbons (Fsp3) is 0.364. The highest BCUT2D eigenvalue weighted by atomic mass is 35.6. The topological polar surface area (TPSA) is 87.5 Å². The first-order chi connectivity index (χ1) is 9.62. The summed E-state index contributed by atoms with van der Waals surface area (Å²) in [6.45, 7) is 0. The van der Waals surface area contributed by atoms with Gasteiger partial charge in [-0.15, -0.1) is 0 Å². The van der Waals surface area contributed by atoms with Gasteiger partial charge in [0.15, 0.2) is 0 Å². The zero-order valence-electron chi connectivity index (χ0n) is 11.1. The second kappa shape index (κ2) is 7.02. The summed E-state index contributed by atoms with van der Waals surface area (Å²) in [5.41, 5.74) is -0.0752. The molecule has 0 radical (unpaired) electrons. The molecule has 2 amide bonds. The third-order valence-electron chi connectivity index (χ3n) is 2.40. The molecule has 7 nitrogen and oxygen atoms in total. The lowest BCUT2D eigenvalue weighted by molar-refractivity contribution is -0.384. The summed E-state index contributed by atoms with van der Waals surface area (Å²) in [5, 5.41) is 16.0. The molecule has 2 N–H and O–H groups in total. The van der Waals surface area contributed by atoms with Crippen LogP contribution in [0.5, 0.6) is 0 Å². The van der Waals surface area contributed by atoms with Gasteiger partial charge in [-0.05, 0) is 6.07 Å². The fourth-order valence-corrected chi connectivity index (χ4v) is 1.69. The Labute approximate surface area is 136 Å². The van der Waals surface area contributed by atoms with Crippen LogP contribution in [-0.4, -0.2) is 39.9 Å². The number of carbonyl (C=O) groups is 1. The van der Waals surface area contributed by atoms with Crippen LogP contribution >= 0.6 is 34.8 Å². The van der Waals surface area contributed by atoms with E-state index in [1.54, 1.807) is 6.07 Å². The van der Waals surface area contributed by atoms with Gasteiger partial charge in [0.2, 0.25) is 3.79 Å². The number of alkyl halides is 3. The molecule has 21 heavy (non-hydrogen) atoms. The molecule has 1 aromatic carbocycles. The van der Waals surface area contributed by atoms with Gasteiger partial charge in [-0.3, -0.25) is 10.1 Å². The monoisotopic (exact) mass is 354 g/mol. The molecular formula is C11H13Cl3N4O3. The molecule has 0 saturated carbocycles. The molecule has 1 atom stereocenters. The number of para-hydroxylation sites is 2. The summed E-state index contributed by atoms with van der Waals surface area (Å²) in [5.74, 6) is 0. The van der Waals surface area contributed by atoms with Gasteiger partial charge < -0.3 is 15.5 Å². The number of nitrogens with one attached hydrogen (secondary N) is 2. The molecule has 1 rings (SSSR count). The highest BCUT2D eigenvalue weighted by molar-refractivity contribution is 6.68. The third kappa shape index (κ3) is 5.11. The number of rotatable bonds is 4. The summed E-state index contributed by atoms with van der Waals surface area (Å²) in [6, 6.07) is 5.32. The molecule has 0 aliphatic rings. The standard InChI is InChI=1S/C11H13Cl3N4O3/c1-17(2)10(19)16-9(11(12,13)14)15-7-5-3-4-6-8(7)18(20)21/h3-6,9,15H,1-2H3,(H,16,19)/t9-/m0/s1. The van der Waals surface area contributed by atoms with Crippen LogP contribution in [0, 0.1) is 10.1 Å². The largest absolute Gasteiger partial charge is 0.356 e. The molecule has 116 valence electrons. The Morgan fingerprint density at radius 2 is 1.90 bits per heavy atom. The number of halogens is 3. The molecule has 1 aromatic rings. The molecule has 0 bridgehead atoms. The van der Waals surface area contributed by atoms with Crippen molar-refractivity contribution in [2.24, 2.45) is 0 Å². The maximum atomic E-state index is 11.7. The molecule has 0 heterocycles. The molecule has 0 aliphatic heterocycles. The van der Waals surface area contributed by atoms with Gasteiger partial charge in [0.05, 0.1) is 4.92 Å². The van der Waals surface area contributed by atoms with Crippen LogP contribution in [-0.2, 0) is 0 Å². The summed E-state index contributed by atoms with van der Waals surface area (Å²) in [6.07, 6.45) is -1.15. The Morgan fingerprint density at radius 3 is 2.38 bits per heavy atom. The maximum Gasteiger partial charge on any atom is 0.318 e. The van der Waals surface area contributed by atoms with Crippen LogP contribution in [0.4, 0.5) is 16.2 Å². The minimum atomic E-state index is -1.91. The summed E-state index contributed by atoms with van der Waals surface area (Å²) < 4.78 is -1.91. The van der Waals surface area contributed by atoms with E-state index in [9.17, 15) is 14.9 Å². The van der Waals surface area contributed by atoms with Crippen molar-refractivity contribution >= 4 is 52.2 Å². The van der Waals surface area contributed by atoms with Crippen LogP contribution in [0.25, 0.3) is 0 Å². The van der Waals surface area contributed by atoms with E-state index in [4.69, 9.17) is 34.8 Å². The van der Waals surface area contributed by atoms with Gasteiger partial charge in [0.1, 0.15) is 11.9 Å². The summed E-state index contributed by atoms with van der Waals surface area (Å²) >= 11 is 17.4. The molecule has 0 saturated heterocycles. The maximum absolute atomic E-state index is 11.7. The van der Waals surface area contributed by atoms with Crippen molar-refractivity contribution in [3.63, 3.8) is 0 Å². The Hall–Kier alpha value is -1.44. The first-order valence-corrected chi connectivity index (χ1v) is 6.81. The van der Waals surface area contributed by atoms with E-state index in [0.717, 1.165) is 0 Å². The second-order valence-corrected chi connectivity index (χ2v) is 6.61. The number of anilines is 1. The average Bonchev–Trinajstić information content (AvgIpc) is 2.36. The van der Waals surface area contributed by atoms with Crippen molar-refractivity contribution in [2.45, 2.75) is 9.96 Å². The van der Waals surface area contributed by atoms with Gasteiger partial charge in [0, 0.05) is 20.2 Å². The van der Waals surface area contributed by atoms with Crippen LogP contribution in [0.1, 0.15) is 0 Å². The molecule has 0 spiro atoms. The number of nitrogens with zero attached hydrogens (tertiary/aromatic N) is 2. The number of nitro groups is 1. The summed E-state index contributed by atoms with van der Waals surface area (Å²) in [7, 11) is 3.02. The van der Waals surface area contributed by atoms with Gasteiger partial charge >= 0.3 is 6.03 Å². The Kier molecular flexibility index (Phi) is 5.88. The van der Waals surface area contributed by atoms with Crippen molar-refractivity contribution in [1.29, 1.82) is 0 Å². The lowest BCUT2D eigenvalue weighted by Gasteiger charge is -2.28. The van der Waals surface area contributed by atoms with Crippen LogP contribution < -0.4 is 10.6 Å². The quantitative estimate of drug-likeness (QED) is 0.376. The van der Waals surface area contributed by atoms with E-state index < -0.39 is 20.9 Å². The van der Waals surface area contributed by atoms with E-state index in [0.29, 0.717) is 0 Å². The molecule has 0 aliphatic carbocycles. The first kappa shape index (κ1) is 17.6. The average molecular weight is 356 g/mol. The molecule has 10 heteroatoms. The van der Waals surface area contributed by atoms with Crippen molar-refractivity contribution in [2.75, 3.05) is 19.4 Å². The van der Waals surface area contributed by atoms with E-state index in [1.165, 1.54) is 37.2 Å². The second-order valence-electron chi connectivity index (χ2n) is 4.24. The van der Waals surface area contributed by atoms with Crippen molar-refractivity contribution in [3.05, 3.63) is 34.4 Å². The first-order valence-electron chi connectivity index (χ1n) is 5.67. The third-order valence-corrected chi connectivity index (χ3v) is 3.06. The number of urea groups is 1. The van der Waals surface area contributed by atoms with E-state index >= 15 is 0 Å². The van der Waals surface area contributed by atoms with Crippen molar-refractivity contribution < 1.29 is 9.72 Å². The SMILES string of the molecule is CN(C)C(=O)N[C@H](Nc1ccccc1[N+](=O)[O-])C(Cl)(Cl)Cl. The van der Waals surface area contributed by atoms with E-state index in [-0.39, 0.29) is 11.4 Å². The highest BCUT2D eigenvalue weighted by Crippen LogP contribution is 2.33.